The van der Waals surface area contributed by atoms with Crippen LogP contribution in [0.25, 0.3) is 0 Å². The molecule has 0 radical (unpaired) electrons. The number of amides is 1. The van der Waals surface area contributed by atoms with Crippen LogP contribution in [0.1, 0.15) is 31.9 Å². The zero-order valence-electron chi connectivity index (χ0n) is 17.2. The zero-order chi connectivity index (χ0) is 21.6. The van der Waals surface area contributed by atoms with Gasteiger partial charge in [0.2, 0.25) is 5.91 Å². The van der Waals surface area contributed by atoms with E-state index in [4.69, 9.17) is 0 Å². The van der Waals surface area contributed by atoms with Crippen LogP contribution in [-0.2, 0) is 15.0 Å². The van der Waals surface area contributed by atoms with E-state index in [1.54, 1.807) is 0 Å². The van der Waals surface area contributed by atoms with Crippen LogP contribution in [0.15, 0.2) is 54.6 Å². The maximum absolute atomic E-state index is 13.3. The first-order chi connectivity index (χ1) is 13.6. The van der Waals surface area contributed by atoms with Gasteiger partial charge in [-0.2, -0.15) is 12.7 Å². The second kappa shape index (κ2) is 9.84. The van der Waals surface area contributed by atoms with Gasteiger partial charge in [0.05, 0.1) is 11.7 Å². The summed E-state index contributed by atoms with van der Waals surface area (Å²) >= 11 is 0. The maximum Gasteiger partial charge on any atom is 0.304 e. The van der Waals surface area contributed by atoms with Crippen molar-refractivity contribution in [2.45, 2.75) is 26.3 Å². The predicted octanol–water partition coefficient (Wildman–Crippen LogP) is 3.34. The molecule has 0 fully saturated rings. The molecule has 0 aliphatic carbocycles. The first-order valence-corrected chi connectivity index (χ1v) is 10.8. The van der Waals surface area contributed by atoms with Crippen molar-refractivity contribution in [1.29, 1.82) is 0 Å². The lowest BCUT2D eigenvalue weighted by atomic mass is 9.97. The molecule has 0 bridgehead atoms. The molecule has 2 rings (SSSR count). The van der Waals surface area contributed by atoms with Crippen molar-refractivity contribution in [3.05, 3.63) is 66.0 Å². The number of anilines is 1. The number of carbonyl (C=O) groups excluding carboxylic acids is 1. The van der Waals surface area contributed by atoms with Crippen molar-refractivity contribution < 1.29 is 17.6 Å². The van der Waals surface area contributed by atoms with E-state index >= 15 is 0 Å². The summed E-state index contributed by atoms with van der Waals surface area (Å²) in [6, 6.07) is 14.3. The van der Waals surface area contributed by atoms with Gasteiger partial charge >= 0.3 is 10.2 Å². The Bertz CT molecular complexity index is 901. The van der Waals surface area contributed by atoms with Gasteiger partial charge in [-0.15, -0.1) is 0 Å². The molecule has 0 aliphatic heterocycles. The lowest BCUT2D eigenvalue weighted by Crippen LogP contribution is -2.46. The van der Waals surface area contributed by atoms with Crippen LogP contribution < -0.4 is 9.62 Å². The molecular weight excluding hydrogens is 393 g/mol. The molecule has 2 aromatic rings. The quantitative estimate of drug-likeness (QED) is 0.675. The van der Waals surface area contributed by atoms with Gasteiger partial charge in [-0.25, -0.2) is 8.70 Å². The van der Waals surface area contributed by atoms with Crippen LogP contribution in [0.3, 0.4) is 0 Å². The van der Waals surface area contributed by atoms with E-state index in [1.807, 2.05) is 30.3 Å². The largest absolute Gasteiger partial charge is 0.348 e. The highest BCUT2D eigenvalue weighted by molar-refractivity contribution is 7.90. The lowest BCUT2D eigenvalue weighted by Gasteiger charge is -2.28. The van der Waals surface area contributed by atoms with E-state index in [0.717, 1.165) is 26.3 Å². The second-order valence-corrected chi connectivity index (χ2v) is 9.50. The summed E-state index contributed by atoms with van der Waals surface area (Å²) < 4.78 is 40.8. The number of halogens is 1. The van der Waals surface area contributed by atoms with Crippen molar-refractivity contribution in [2.24, 2.45) is 5.92 Å². The van der Waals surface area contributed by atoms with E-state index in [2.05, 4.69) is 19.2 Å². The van der Waals surface area contributed by atoms with Gasteiger partial charge in [0.15, 0.2) is 0 Å². The number of hydrogen-bond acceptors (Lipinski definition) is 3. The summed E-state index contributed by atoms with van der Waals surface area (Å²) in [7, 11) is -1.17. The monoisotopic (exact) mass is 421 g/mol. The highest BCUT2D eigenvalue weighted by Crippen LogP contribution is 2.23. The third kappa shape index (κ3) is 6.27. The average Bonchev–Trinajstić information content (AvgIpc) is 2.66. The minimum atomic E-state index is -3.94. The Morgan fingerprint density at radius 1 is 1.03 bits per heavy atom. The highest BCUT2D eigenvalue weighted by Gasteiger charge is 2.28. The Kier molecular flexibility index (Phi) is 7.75. The minimum absolute atomic E-state index is 0.218. The number of rotatable bonds is 9. The Hall–Kier alpha value is -2.45. The molecule has 158 valence electrons. The first-order valence-electron chi connectivity index (χ1n) is 9.41. The highest BCUT2D eigenvalue weighted by atomic mass is 32.2. The zero-order valence-corrected chi connectivity index (χ0v) is 18.0. The molecule has 1 N–H and O–H groups in total. The number of benzene rings is 2. The normalized spacial score (nSPS) is 12.8. The molecule has 8 heteroatoms. The van der Waals surface area contributed by atoms with Gasteiger partial charge in [-0.1, -0.05) is 44.2 Å². The molecular formula is C21H28FN3O3S. The second-order valence-electron chi connectivity index (χ2n) is 7.43. The maximum atomic E-state index is 13.3. The van der Waals surface area contributed by atoms with E-state index in [1.165, 1.54) is 26.2 Å². The molecule has 0 aromatic heterocycles. The fourth-order valence-electron chi connectivity index (χ4n) is 2.92. The standard InChI is InChI=1S/C21H28FN3O3S/c1-16(2)14-20(17-8-6-5-7-9-17)23-21(26)15-25(29(27,28)24(3)4)19-12-10-18(22)11-13-19/h5-13,16,20H,14-15H2,1-4H3,(H,23,26)/t20-/m1/s1. The third-order valence-corrected chi connectivity index (χ3v) is 6.21. The predicted molar refractivity (Wildman–Crippen MR) is 113 cm³/mol. The number of carbonyl (C=O) groups is 1. The molecule has 1 atom stereocenters. The fraction of sp³-hybridized carbons (Fsp3) is 0.381. The van der Waals surface area contributed by atoms with Crippen molar-refractivity contribution >= 4 is 21.8 Å². The van der Waals surface area contributed by atoms with E-state index < -0.39 is 28.5 Å². The van der Waals surface area contributed by atoms with Gasteiger partial charge < -0.3 is 5.32 Å². The Labute approximate surface area is 172 Å². The molecule has 1 amide bonds. The molecule has 0 aliphatic rings. The molecule has 0 heterocycles. The van der Waals surface area contributed by atoms with Crippen LogP contribution >= 0.6 is 0 Å². The SMILES string of the molecule is CC(C)C[C@@H](NC(=O)CN(c1ccc(F)cc1)S(=O)(=O)N(C)C)c1ccccc1. The lowest BCUT2D eigenvalue weighted by molar-refractivity contribution is -0.120. The van der Waals surface area contributed by atoms with E-state index in [0.29, 0.717) is 12.3 Å². The molecule has 2 aromatic carbocycles. The van der Waals surface area contributed by atoms with Gasteiger partial charge in [0.1, 0.15) is 12.4 Å². The van der Waals surface area contributed by atoms with Crippen molar-refractivity contribution in [3.63, 3.8) is 0 Å². The van der Waals surface area contributed by atoms with Crippen molar-refractivity contribution in [3.8, 4) is 0 Å². The van der Waals surface area contributed by atoms with Gasteiger partial charge in [-0.05, 0) is 42.2 Å². The summed E-state index contributed by atoms with van der Waals surface area (Å²) in [6.45, 7) is 3.71. The Morgan fingerprint density at radius 2 is 1.62 bits per heavy atom. The summed E-state index contributed by atoms with van der Waals surface area (Å²) in [5, 5.41) is 2.95. The summed E-state index contributed by atoms with van der Waals surface area (Å²) in [5.41, 5.74) is 1.17. The van der Waals surface area contributed by atoms with Crippen LogP contribution in [0.4, 0.5) is 10.1 Å². The number of hydrogen-bond donors (Lipinski definition) is 1. The van der Waals surface area contributed by atoms with Crippen LogP contribution in [0.5, 0.6) is 0 Å². The summed E-state index contributed by atoms with van der Waals surface area (Å²) in [5.74, 6) is -0.588. The molecule has 0 unspecified atom stereocenters. The number of nitrogens with one attached hydrogen (secondary N) is 1. The molecule has 29 heavy (non-hydrogen) atoms. The molecule has 0 saturated carbocycles. The van der Waals surface area contributed by atoms with E-state index in [-0.39, 0.29) is 11.7 Å². The fourth-order valence-corrected chi connectivity index (χ4v) is 3.98. The minimum Gasteiger partial charge on any atom is -0.348 e. The van der Waals surface area contributed by atoms with Gasteiger partial charge in [0.25, 0.3) is 0 Å². The Morgan fingerprint density at radius 3 is 2.14 bits per heavy atom. The van der Waals surface area contributed by atoms with Crippen molar-refractivity contribution in [1.82, 2.24) is 9.62 Å². The Balaban J connectivity index is 2.27. The molecule has 0 saturated heterocycles. The average molecular weight is 422 g/mol. The van der Waals surface area contributed by atoms with Crippen LogP contribution in [0, 0.1) is 11.7 Å². The molecule has 0 spiro atoms. The molecule has 6 nitrogen and oxygen atoms in total. The van der Waals surface area contributed by atoms with Gasteiger partial charge in [0, 0.05) is 14.1 Å². The number of nitrogens with zero attached hydrogens (tertiary/aromatic N) is 2. The third-order valence-electron chi connectivity index (χ3n) is 4.39. The van der Waals surface area contributed by atoms with Crippen molar-refractivity contribution in [2.75, 3.05) is 24.9 Å². The van der Waals surface area contributed by atoms with Crippen LogP contribution in [-0.4, -0.2) is 39.3 Å². The summed E-state index contributed by atoms with van der Waals surface area (Å²) in [4.78, 5) is 12.8. The smallest absolute Gasteiger partial charge is 0.304 e. The summed E-state index contributed by atoms with van der Waals surface area (Å²) in [6.07, 6.45) is 0.715. The van der Waals surface area contributed by atoms with Gasteiger partial charge in [-0.3, -0.25) is 4.79 Å². The first kappa shape index (κ1) is 22.8. The topological polar surface area (TPSA) is 69.7 Å². The van der Waals surface area contributed by atoms with E-state index in [9.17, 15) is 17.6 Å². The van der Waals surface area contributed by atoms with Crippen LogP contribution in [0.2, 0.25) is 0 Å².